The molecule has 0 saturated carbocycles. The molecular formula is C12H22N2O4. The highest BCUT2D eigenvalue weighted by Crippen LogP contribution is 2.19. The summed E-state index contributed by atoms with van der Waals surface area (Å²) in [6, 6.07) is -0.916. The molecule has 0 aromatic rings. The molecule has 0 radical (unpaired) electrons. The van der Waals surface area contributed by atoms with Gasteiger partial charge in [-0.15, -0.1) is 0 Å². The van der Waals surface area contributed by atoms with Gasteiger partial charge in [-0.05, 0) is 12.3 Å². The first kappa shape index (κ1) is 14.9. The maximum Gasteiger partial charge on any atom is 0.326 e. The summed E-state index contributed by atoms with van der Waals surface area (Å²) in [7, 11) is 0. The smallest absolute Gasteiger partial charge is 0.326 e. The molecule has 1 rings (SSSR count). The molecule has 0 spiro atoms. The quantitative estimate of drug-likeness (QED) is 0.645. The van der Waals surface area contributed by atoms with Gasteiger partial charge >= 0.3 is 5.97 Å². The standard InChI is InChI=1S/C12H22N2O4/c1-11(2,3)9(10(16)17)14-8(15)5-18-12(4)6-13-7-12/h9,13H,5-7H2,1-4H3,(H,14,15)(H,16,17)/t9-/m0/s1. The van der Waals surface area contributed by atoms with Gasteiger partial charge in [-0.2, -0.15) is 0 Å². The van der Waals surface area contributed by atoms with E-state index in [9.17, 15) is 9.59 Å². The van der Waals surface area contributed by atoms with Gasteiger partial charge in [0.05, 0.1) is 5.60 Å². The lowest BCUT2D eigenvalue weighted by atomic mass is 9.87. The molecule has 0 aliphatic carbocycles. The van der Waals surface area contributed by atoms with Crippen molar-refractivity contribution in [1.29, 1.82) is 0 Å². The van der Waals surface area contributed by atoms with E-state index in [2.05, 4.69) is 10.6 Å². The number of hydrogen-bond donors (Lipinski definition) is 3. The summed E-state index contributed by atoms with van der Waals surface area (Å²) in [5, 5.41) is 14.6. The normalized spacial score (nSPS) is 19.8. The van der Waals surface area contributed by atoms with Crippen LogP contribution in [-0.2, 0) is 14.3 Å². The first-order valence-corrected chi connectivity index (χ1v) is 6.01. The van der Waals surface area contributed by atoms with Crippen LogP contribution in [0.5, 0.6) is 0 Å². The Bertz CT molecular complexity index is 331. The molecule has 1 aliphatic heterocycles. The lowest BCUT2D eigenvalue weighted by Gasteiger charge is -2.39. The summed E-state index contributed by atoms with van der Waals surface area (Å²) in [6.45, 7) is 8.52. The number of ether oxygens (including phenoxy) is 1. The summed E-state index contributed by atoms with van der Waals surface area (Å²) in [6.07, 6.45) is 0. The fourth-order valence-corrected chi connectivity index (χ4v) is 1.67. The van der Waals surface area contributed by atoms with Crippen LogP contribution in [0.2, 0.25) is 0 Å². The lowest BCUT2D eigenvalue weighted by molar-refractivity contribution is -0.148. The van der Waals surface area contributed by atoms with Crippen molar-refractivity contribution in [3.8, 4) is 0 Å². The van der Waals surface area contributed by atoms with E-state index in [4.69, 9.17) is 9.84 Å². The molecular weight excluding hydrogens is 236 g/mol. The summed E-state index contributed by atoms with van der Waals surface area (Å²) in [5.74, 6) is -1.43. The van der Waals surface area contributed by atoms with Crippen molar-refractivity contribution in [2.75, 3.05) is 19.7 Å². The van der Waals surface area contributed by atoms with Crippen LogP contribution < -0.4 is 10.6 Å². The van der Waals surface area contributed by atoms with Crippen molar-refractivity contribution < 1.29 is 19.4 Å². The van der Waals surface area contributed by atoms with Crippen LogP contribution in [0.1, 0.15) is 27.7 Å². The van der Waals surface area contributed by atoms with Crippen molar-refractivity contribution in [1.82, 2.24) is 10.6 Å². The molecule has 1 atom stereocenters. The minimum atomic E-state index is -1.03. The number of amides is 1. The van der Waals surface area contributed by atoms with Crippen LogP contribution in [0.25, 0.3) is 0 Å². The average Bonchev–Trinajstić information content (AvgIpc) is 2.18. The van der Waals surface area contributed by atoms with E-state index >= 15 is 0 Å². The van der Waals surface area contributed by atoms with Gasteiger partial charge in [-0.1, -0.05) is 20.8 Å². The third-order valence-electron chi connectivity index (χ3n) is 2.97. The predicted octanol–water partition coefficient (Wildman–Crippen LogP) is -0.0196. The highest BCUT2D eigenvalue weighted by atomic mass is 16.5. The topological polar surface area (TPSA) is 87.7 Å². The molecule has 0 aromatic heterocycles. The van der Waals surface area contributed by atoms with Crippen LogP contribution >= 0.6 is 0 Å². The van der Waals surface area contributed by atoms with E-state index in [-0.39, 0.29) is 12.2 Å². The molecule has 0 aromatic carbocycles. The SMILES string of the molecule is CC1(OCC(=O)N[C@@H](C(=O)O)C(C)(C)C)CNC1. The van der Waals surface area contributed by atoms with Crippen LogP contribution in [0.4, 0.5) is 0 Å². The molecule has 0 unspecified atom stereocenters. The van der Waals surface area contributed by atoms with Gasteiger partial charge in [-0.3, -0.25) is 4.79 Å². The zero-order chi connectivity index (χ0) is 14.0. The van der Waals surface area contributed by atoms with Crippen molar-refractivity contribution in [3.05, 3.63) is 0 Å². The molecule has 6 nitrogen and oxygen atoms in total. The number of carboxylic acids is 1. The maximum absolute atomic E-state index is 11.7. The lowest BCUT2D eigenvalue weighted by Crippen LogP contribution is -2.60. The molecule has 1 heterocycles. The number of aliphatic carboxylic acids is 1. The van der Waals surface area contributed by atoms with Gasteiger partial charge in [0.2, 0.25) is 5.91 Å². The van der Waals surface area contributed by atoms with Crippen LogP contribution in [0, 0.1) is 5.41 Å². The Morgan fingerprint density at radius 3 is 2.33 bits per heavy atom. The highest BCUT2D eigenvalue weighted by molar-refractivity contribution is 5.84. The molecule has 1 aliphatic rings. The van der Waals surface area contributed by atoms with Gasteiger partial charge in [0.1, 0.15) is 12.6 Å². The molecule has 1 saturated heterocycles. The summed E-state index contributed by atoms with van der Waals surface area (Å²) >= 11 is 0. The first-order valence-electron chi connectivity index (χ1n) is 6.01. The summed E-state index contributed by atoms with van der Waals surface area (Å²) in [4.78, 5) is 22.8. The van der Waals surface area contributed by atoms with Gasteiger partial charge in [0.25, 0.3) is 0 Å². The van der Waals surface area contributed by atoms with E-state index in [1.807, 2.05) is 6.92 Å². The zero-order valence-corrected chi connectivity index (χ0v) is 11.4. The number of carboxylic acid groups (broad SMARTS) is 1. The Hall–Kier alpha value is -1.14. The first-order chi connectivity index (χ1) is 8.14. The highest BCUT2D eigenvalue weighted by Gasteiger charge is 2.35. The van der Waals surface area contributed by atoms with E-state index in [1.165, 1.54) is 0 Å². The fourth-order valence-electron chi connectivity index (χ4n) is 1.67. The molecule has 6 heteroatoms. The second-order valence-electron chi connectivity index (χ2n) is 6.05. The van der Waals surface area contributed by atoms with Gasteiger partial charge in [-0.25, -0.2) is 4.79 Å². The average molecular weight is 258 g/mol. The zero-order valence-electron chi connectivity index (χ0n) is 11.4. The summed E-state index contributed by atoms with van der Waals surface area (Å²) < 4.78 is 5.45. The monoisotopic (exact) mass is 258 g/mol. The van der Waals surface area contributed by atoms with Crippen molar-refractivity contribution in [2.45, 2.75) is 39.3 Å². The van der Waals surface area contributed by atoms with Crippen LogP contribution in [0.15, 0.2) is 0 Å². The molecule has 104 valence electrons. The van der Waals surface area contributed by atoms with E-state index in [1.54, 1.807) is 20.8 Å². The van der Waals surface area contributed by atoms with E-state index in [0.29, 0.717) is 13.1 Å². The Morgan fingerprint density at radius 2 is 2.00 bits per heavy atom. The Kier molecular flexibility index (Phi) is 4.34. The van der Waals surface area contributed by atoms with Crippen molar-refractivity contribution in [2.24, 2.45) is 5.41 Å². The number of carbonyl (C=O) groups excluding carboxylic acids is 1. The molecule has 1 amide bonds. The Labute approximate surface area is 107 Å². The fraction of sp³-hybridized carbons (Fsp3) is 0.833. The van der Waals surface area contributed by atoms with E-state index in [0.717, 1.165) is 0 Å². The molecule has 3 N–H and O–H groups in total. The van der Waals surface area contributed by atoms with Crippen molar-refractivity contribution >= 4 is 11.9 Å². The maximum atomic E-state index is 11.7. The number of hydrogen-bond acceptors (Lipinski definition) is 4. The van der Waals surface area contributed by atoms with Gasteiger partial charge in [0.15, 0.2) is 0 Å². The summed E-state index contributed by atoms with van der Waals surface area (Å²) in [5.41, 5.74) is -0.846. The molecule has 0 bridgehead atoms. The van der Waals surface area contributed by atoms with Gasteiger partial charge < -0.3 is 20.5 Å². The van der Waals surface area contributed by atoms with Crippen LogP contribution in [0.3, 0.4) is 0 Å². The van der Waals surface area contributed by atoms with E-state index < -0.39 is 23.3 Å². The Balaban J connectivity index is 2.44. The Morgan fingerprint density at radius 1 is 1.44 bits per heavy atom. The molecule has 1 fully saturated rings. The third-order valence-corrected chi connectivity index (χ3v) is 2.97. The minimum Gasteiger partial charge on any atom is -0.480 e. The molecule has 18 heavy (non-hydrogen) atoms. The largest absolute Gasteiger partial charge is 0.480 e. The number of carbonyl (C=O) groups is 2. The number of nitrogens with one attached hydrogen (secondary N) is 2. The second kappa shape index (κ2) is 5.24. The van der Waals surface area contributed by atoms with Crippen molar-refractivity contribution in [3.63, 3.8) is 0 Å². The predicted molar refractivity (Wildman–Crippen MR) is 66.2 cm³/mol. The third kappa shape index (κ3) is 3.96. The minimum absolute atomic E-state index is 0.113. The second-order valence-corrected chi connectivity index (χ2v) is 6.05. The van der Waals surface area contributed by atoms with Gasteiger partial charge in [0, 0.05) is 13.1 Å². The number of rotatable bonds is 5. The van der Waals surface area contributed by atoms with Crippen LogP contribution in [-0.4, -0.2) is 48.3 Å².